The number of amides is 1. The lowest BCUT2D eigenvalue weighted by molar-refractivity contribution is -0.131. The molecular formula is C15H24N4O3. The molecule has 1 amide bonds. The Bertz CT molecular complexity index is 473. The second kappa shape index (κ2) is 7.21. The molecule has 22 heavy (non-hydrogen) atoms. The second-order valence-electron chi connectivity index (χ2n) is 6.12. The van der Waals surface area contributed by atoms with Gasteiger partial charge in [0.1, 0.15) is 6.54 Å². The number of morpholine rings is 1. The summed E-state index contributed by atoms with van der Waals surface area (Å²) < 4.78 is 7.01. The van der Waals surface area contributed by atoms with Gasteiger partial charge in [-0.25, -0.2) is 0 Å². The van der Waals surface area contributed by atoms with Gasteiger partial charge in [-0.2, -0.15) is 5.10 Å². The maximum absolute atomic E-state index is 12.4. The first kappa shape index (κ1) is 15.5. The van der Waals surface area contributed by atoms with Crippen LogP contribution in [-0.4, -0.2) is 83.1 Å². The standard InChI is InChI=1S/C15H24N4O3/c20-12-14-10-18(15(21)11-19-3-1-2-16-19)9-13(14)8-17-4-6-22-7-5-17/h1-3,13-14,20H,4-12H2/t13-,14-/m1/s1. The third-order valence-corrected chi connectivity index (χ3v) is 4.62. The van der Waals surface area contributed by atoms with E-state index in [1.165, 1.54) is 0 Å². The van der Waals surface area contributed by atoms with E-state index in [1.54, 1.807) is 17.1 Å². The van der Waals surface area contributed by atoms with Crippen molar-refractivity contribution >= 4 is 5.91 Å². The van der Waals surface area contributed by atoms with Crippen molar-refractivity contribution in [3.63, 3.8) is 0 Å². The summed E-state index contributed by atoms with van der Waals surface area (Å²) in [6, 6.07) is 1.81. The molecule has 0 aromatic carbocycles. The third kappa shape index (κ3) is 3.66. The van der Waals surface area contributed by atoms with Crippen LogP contribution in [0.2, 0.25) is 0 Å². The van der Waals surface area contributed by atoms with E-state index >= 15 is 0 Å². The zero-order valence-electron chi connectivity index (χ0n) is 12.8. The highest BCUT2D eigenvalue weighted by atomic mass is 16.5. The summed E-state index contributed by atoms with van der Waals surface area (Å²) in [5.74, 6) is 0.584. The van der Waals surface area contributed by atoms with E-state index < -0.39 is 0 Å². The number of nitrogens with zero attached hydrogens (tertiary/aromatic N) is 4. The van der Waals surface area contributed by atoms with Gasteiger partial charge in [0.25, 0.3) is 0 Å². The van der Waals surface area contributed by atoms with Crippen LogP contribution in [0.4, 0.5) is 0 Å². The van der Waals surface area contributed by atoms with Crippen LogP contribution in [0.1, 0.15) is 0 Å². The molecule has 7 heteroatoms. The molecule has 7 nitrogen and oxygen atoms in total. The van der Waals surface area contributed by atoms with Gasteiger partial charge in [-0.05, 0) is 12.0 Å². The van der Waals surface area contributed by atoms with Gasteiger partial charge >= 0.3 is 0 Å². The molecule has 3 rings (SSSR count). The predicted octanol–water partition coefficient (Wildman–Crippen LogP) is -0.718. The van der Waals surface area contributed by atoms with Crippen molar-refractivity contribution in [3.05, 3.63) is 18.5 Å². The quantitative estimate of drug-likeness (QED) is 0.777. The normalized spacial score (nSPS) is 26.5. The van der Waals surface area contributed by atoms with Gasteiger partial charge in [0.05, 0.1) is 13.2 Å². The highest BCUT2D eigenvalue weighted by molar-refractivity contribution is 5.76. The molecule has 1 aromatic heterocycles. The van der Waals surface area contributed by atoms with Crippen molar-refractivity contribution in [1.29, 1.82) is 0 Å². The Balaban J connectivity index is 1.55. The first-order valence-electron chi connectivity index (χ1n) is 7.92. The second-order valence-corrected chi connectivity index (χ2v) is 6.12. The Labute approximate surface area is 130 Å². The van der Waals surface area contributed by atoms with E-state index in [0.717, 1.165) is 39.4 Å². The molecule has 2 atom stereocenters. The van der Waals surface area contributed by atoms with Crippen LogP contribution < -0.4 is 0 Å². The summed E-state index contributed by atoms with van der Waals surface area (Å²) in [4.78, 5) is 16.6. The fourth-order valence-electron chi connectivity index (χ4n) is 3.30. The number of likely N-dealkylation sites (tertiary alicyclic amines) is 1. The number of carbonyl (C=O) groups excluding carboxylic acids is 1. The van der Waals surface area contributed by atoms with Gasteiger partial charge in [0.2, 0.25) is 5.91 Å². The lowest BCUT2D eigenvalue weighted by Gasteiger charge is -2.30. The maximum atomic E-state index is 12.4. The maximum Gasteiger partial charge on any atom is 0.244 e. The van der Waals surface area contributed by atoms with Crippen LogP contribution in [0.15, 0.2) is 18.5 Å². The summed E-state index contributed by atoms with van der Waals surface area (Å²) >= 11 is 0. The Morgan fingerprint density at radius 3 is 2.73 bits per heavy atom. The van der Waals surface area contributed by atoms with Gasteiger partial charge in [-0.3, -0.25) is 14.4 Å². The fourth-order valence-corrected chi connectivity index (χ4v) is 3.30. The van der Waals surface area contributed by atoms with Crippen LogP contribution in [0, 0.1) is 11.8 Å². The Kier molecular flexibility index (Phi) is 5.07. The number of rotatable bonds is 5. The first-order chi connectivity index (χ1) is 10.8. The first-order valence-corrected chi connectivity index (χ1v) is 7.92. The number of ether oxygens (including phenoxy) is 1. The van der Waals surface area contributed by atoms with Gasteiger partial charge in [0, 0.05) is 57.6 Å². The van der Waals surface area contributed by atoms with Gasteiger partial charge in [0.15, 0.2) is 0 Å². The van der Waals surface area contributed by atoms with E-state index in [1.807, 2.05) is 11.0 Å². The van der Waals surface area contributed by atoms with E-state index in [2.05, 4.69) is 10.00 Å². The molecule has 1 aromatic rings. The molecule has 2 saturated heterocycles. The topological polar surface area (TPSA) is 70.8 Å². The molecule has 0 bridgehead atoms. The molecule has 0 spiro atoms. The van der Waals surface area contributed by atoms with E-state index in [4.69, 9.17) is 4.74 Å². The van der Waals surface area contributed by atoms with Gasteiger partial charge < -0.3 is 14.7 Å². The average molecular weight is 308 g/mol. The molecule has 2 aliphatic rings. The summed E-state index contributed by atoms with van der Waals surface area (Å²) in [7, 11) is 0. The van der Waals surface area contributed by atoms with E-state index in [-0.39, 0.29) is 25.0 Å². The lowest BCUT2D eigenvalue weighted by atomic mass is 9.96. The molecule has 0 unspecified atom stereocenters. The number of hydrogen-bond donors (Lipinski definition) is 1. The Morgan fingerprint density at radius 2 is 2.05 bits per heavy atom. The number of aliphatic hydroxyl groups excluding tert-OH is 1. The lowest BCUT2D eigenvalue weighted by Crippen LogP contribution is -2.41. The van der Waals surface area contributed by atoms with Crippen molar-refractivity contribution in [2.24, 2.45) is 11.8 Å². The molecule has 0 saturated carbocycles. The minimum absolute atomic E-state index is 0.0756. The van der Waals surface area contributed by atoms with Crippen molar-refractivity contribution in [2.45, 2.75) is 6.54 Å². The molecule has 122 valence electrons. The number of aliphatic hydroxyl groups is 1. The van der Waals surface area contributed by atoms with Gasteiger partial charge in [-0.15, -0.1) is 0 Å². The van der Waals surface area contributed by atoms with Crippen molar-refractivity contribution in [1.82, 2.24) is 19.6 Å². The van der Waals surface area contributed by atoms with E-state index in [9.17, 15) is 9.90 Å². The van der Waals surface area contributed by atoms with Crippen LogP contribution in [0.3, 0.4) is 0 Å². The summed E-state index contributed by atoms with van der Waals surface area (Å²) in [6.07, 6.45) is 3.47. The predicted molar refractivity (Wildman–Crippen MR) is 80.1 cm³/mol. The van der Waals surface area contributed by atoms with Crippen LogP contribution in [-0.2, 0) is 16.1 Å². The zero-order valence-corrected chi connectivity index (χ0v) is 12.8. The zero-order chi connectivity index (χ0) is 15.4. The van der Waals surface area contributed by atoms with Crippen LogP contribution in [0.5, 0.6) is 0 Å². The van der Waals surface area contributed by atoms with Crippen molar-refractivity contribution in [3.8, 4) is 0 Å². The minimum atomic E-state index is 0.0756. The van der Waals surface area contributed by atoms with E-state index in [0.29, 0.717) is 12.5 Å². The summed E-state index contributed by atoms with van der Waals surface area (Å²) in [5.41, 5.74) is 0. The van der Waals surface area contributed by atoms with Crippen molar-refractivity contribution in [2.75, 3.05) is 52.5 Å². The summed E-state index contributed by atoms with van der Waals surface area (Å²) in [6.45, 7) is 6.15. The minimum Gasteiger partial charge on any atom is -0.396 e. The molecule has 2 aliphatic heterocycles. The number of aromatic nitrogens is 2. The smallest absolute Gasteiger partial charge is 0.244 e. The largest absolute Gasteiger partial charge is 0.396 e. The Hall–Kier alpha value is -1.44. The summed E-state index contributed by atoms with van der Waals surface area (Å²) in [5, 5.41) is 13.7. The molecule has 3 heterocycles. The monoisotopic (exact) mass is 308 g/mol. The third-order valence-electron chi connectivity index (χ3n) is 4.62. The average Bonchev–Trinajstić information content (AvgIpc) is 3.18. The highest BCUT2D eigenvalue weighted by Gasteiger charge is 2.35. The molecular weight excluding hydrogens is 284 g/mol. The molecule has 0 radical (unpaired) electrons. The van der Waals surface area contributed by atoms with Crippen LogP contribution >= 0.6 is 0 Å². The number of carbonyl (C=O) groups is 1. The molecule has 1 N–H and O–H groups in total. The molecule has 0 aliphatic carbocycles. The van der Waals surface area contributed by atoms with Crippen LogP contribution in [0.25, 0.3) is 0 Å². The fraction of sp³-hybridized carbons (Fsp3) is 0.733. The number of hydrogen-bond acceptors (Lipinski definition) is 5. The van der Waals surface area contributed by atoms with Gasteiger partial charge in [-0.1, -0.05) is 0 Å². The molecule has 2 fully saturated rings. The highest BCUT2D eigenvalue weighted by Crippen LogP contribution is 2.24. The van der Waals surface area contributed by atoms with Crippen molar-refractivity contribution < 1.29 is 14.6 Å². The SMILES string of the molecule is O=C(Cn1cccn1)N1C[C@@H](CN2CCOCC2)[C@@H](CO)C1. The Morgan fingerprint density at radius 1 is 1.27 bits per heavy atom.